The molecule has 0 aliphatic carbocycles. The Morgan fingerprint density at radius 2 is 1.89 bits per heavy atom. The van der Waals surface area contributed by atoms with Crippen LogP contribution >= 0.6 is 24.0 Å². The van der Waals surface area contributed by atoms with Gasteiger partial charge in [0.25, 0.3) is 0 Å². The third-order valence-corrected chi connectivity index (χ3v) is 4.17. The van der Waals surface area contributed by atoms with Crippen LogP contribution in [0.2, 0.25) is 0 Å². The maximum absolute atomic E-state index is 5.41. The van der Waals surface area contributed by atoms with Gasteiger partial charge in [0, 0.05) is 20.1 Å². The number of ether oxygens (including phenoxy) is 3. The molecule has 1 aliphatic heterocycles. The van der Waals surface area contributed by atoms with E-state index in [0.29, 0.717) is 13.3 Å². The highest BCUT2D eigenvalue weighted by atomic mass is 127. The molecule has 0 radical (unpaired) electrons. The fourth-order valence-corrected chi connectivity index (χ4v) is 2.87. The summed E-state index contributed by atoms with van der Waals surface area (Å²) in [5.41, 5.74) is 3.52. The maximum atomic E-state index is 5.41. The van der Waals surface area contributed by atoms with Crippen molar-refractivity contribution in [3.63, 3.8) is 0 Å². The molecule has 0 atom stereocenters. The minimum absolute atomic E-state index is 0. The van der Waals surface area contributed by atoms with E-state index in [1.807, 2.05) is 24.3 Å². The lowest BCUT2D eigenvalue weighted by Crippen LogP contribution is -2.37. The summed E-state index contributed by atoms with van der Waals surface area (Å²) >= 11 is 0. The van der Waals surface area contributed by atoms with Crippen molar-refractivity contribution in [1.82, 2.24) is 10.6 Å². The van der Waals surface area contributed by atoms with Crippen LogP contribution in [0.25, 0.3) is 0 Å². The minimum Gasteiger partial charge on any atom is -0.497 e. The van der Waals surface area contributed by atoms with Crippen LogP contribution < -0.4 is 24.8 Å². The van der Waals surface area contributed by atoms with Gasteiger partial charge < -0.3 is 24.8 Å². The summed E-state index contributed by atoms with van der Waals surface area (Å²) in [6, 6.07) is 12.2. The Morgan fingerprint density at radius 3 is 2.67 bits per heavy atom. The lowest BCUT2D eigenvalue weighted by molar-refractivity contribution is 0.174. The highest BCUT2D eigenvalue weighted by Gasteiger charge is 2.12. The third kappa shape index (κ3) is 5.92. The van der Waals surface area contributed by atoms with Crippen molar-refractivity contribution in [3.8, 4) is 17.2 Å². The molecule has 2 aromatic carbocycles. The first-order chi connectivity index (χ1) is 12.7. The number of guanidine groups is 1. The average molecular weight is 483 g/mol. The van der Waals surface area contributed by atoms with E-state index in [4.69, 9.17) is 14.2 Å². The number of nitrogens with zero attached hydrogens (tertiary/aromatic N) is 1. The Bertz CT molecular complexity index is 796. The summed E-state index contributed by atoms with van der Waals surface area (Å²) in [5, 5.41) is 6.67. The van der Waals surface area contributed by atoms with Gasteiger partial charge in [0.2, 0.25) is 6.79 Å². The highest BCUT2D eigenvalue weighted by Crippen LogP contribution is 2.32. The van der Waals surface area contributed by atoms with Gasteiger partial charge >= 0.3 is 0 Å². The van der Waals surface area contributed by atoms with Gasteiger partial charge in [0.05, 0.1) is 7.11 Å². The summed E-state index contributed by atoms with van der Waals surface area (Å²) in [6.45, 7) is 3.82. The normalized spacial score (nSPS) is 12.3. The fourth-order valence-electron chi connectivity index (χ4n) is 2.87. The van der Waals surface area contributed by atoms with Crippen LogP contribution in [-0.4, -0.2) is 33.5 Å². The first kappa shape index (κ1) is 21.1. The molecule has 0 aromatic heterocycles. The molecule has 146 valence electrons. The zero-order chi connectivity index (χ0) is 18.4. The van der Waals surface area contributed by atoms with Crippen molar-refractivity contribution in [2.75, 3.05) is 27.5 Å². The van der Waals surface area contributed by atoms with E-state index in [9.17, 15) is 0 Å². The second kappa shape index (κ2) is 10.2. The van der Waals surface area contributed by atoms with Crippen LogP contribution in [0.5, 0.6) is 17.2 Å². The van der Waals surface area contributed by atoms with Gasteiger partial charge in [-0.3, -0.25) is 4.99 Å². The van der Waals surface area contributed by atoms with Crippen molar-refractivity contribution in [1.29, 1.82) is 0 Å². The van der Waals surface area contributed by atoms with E-state index in [2.05, 4.69) is 34.7 Å². The summed E-state index contributed by atoms with van der Waals surface area (Å²) in [7, 11) is 3.45. The molecule has 0 unspecified atom stereocenters. The van der Waals surface area contributed by atoms with Gasteiger partial charge in [0.15, 0.2) is 17.5 Å². The first-order valence-corrected chi connectivity index (χ1v) is 8.65. The number of aryl methyl sites for hydroxylation is 1. The van der Waals surface area contributed by atoms with Crippen LogP contribution in [0.1, 0.15) is 16.7 Å². The van der Waals surface area contributed by atoms with Crippen molar-refractivity contribution in [2.45, 2.75) is 19.9 Å². The average Bonchev–Trinajstić information content (AvgIpc) is 3.11. The van der Waals surface area contributed by atoms with Crippen molar-refractivity contribution in [2.24, 2.45) is 4.99 Å². The predicted octanol–water partition coefficient (Wildman–Crippen LogP) is 3.26. The number of hydrogen-bond donors (Lipinski definition) is 2. The van der Waals surface area contributed by atoms with Gasteiger partial charge in [-0.1, -0.05) is 12.1 Å². The second-order valence-corrected chi connectivity index (χ2v) is 6.15. The van der Waals surface area contributed by atoms with Gasteiger partial charge in [0.1, 0.15) is 5.75 Å². The molecule has 0 saturated carbocycles. The molecule has 6 nitrogen and oxygen atoms in total. The van der Waals surface area contributed by atoms with E-state index in [-0.39, 0.29) is 24.0 Å². The second-order valence-electron chi connectivity index (χ2n) is 6.15. The molecule has 0 fully saturated rings. The molecule has 0 bridgehead atoms. The van der Waals surface area contributed by atoms with Gasteiger partial charge in [-0.25, -0.2) is 0 Å². The molecular formula is C20H26IN3O3. The third-order valence-electron chi connectivity index (χ3n) is 4.17. The molecule has 2 aromatic rings. The largest absolute Gasteiger partial charge is 0.497 e. The maximum Gasteiger partial charge on any atom is 0.231 e. The number of hydrogen-bond acceptors (Lipinski definition) is 4. The SMILES string of the molecule is CN=C(NCCc1ccc2c(c1)OCO2)NCc1cc(C)cc(OC)c1.I. The lowest BCUT2D eigenvalue weighted by Gasteiger charge is -2.13. The predicted molar refractivity (Wildman–Crippen MR) is 118 cm³/mol. The Kier molecular flexibility index (Phi) is 8.02. The summed E-state index contributed by atoms with van der Waals surface area (Å²) in [6.07, 6.45) is 0.871. The topological polar surface area (TPSA) is 64.1 Å². The fraction of sp³-hybridized carbons (Fsp3) is 0.350. The number of fused-ring (bicyclic) bond motifs is 1. The monoisotopic (exact) mass is 483 g/mol. The van der Waals surface area contributed by atoms with Crippen LogP contribution in [0.4, 0.5) is 0 Å². The number of aliphatic imine (C=N–C) groups is 1. The van der Waals surface area contributed by atoms with Gasteiger partial charge in [-0.2, -0.15) is 0 Å². The molecule has 1 aliphatic rings. The molecule has 0 amide bonds. The molecular weight excluding hydrogens is 457 g/mol. The number of rotatable bonds is 6. The molecule has 0 saturated heterocycles. The Hall–Kier alpha value is -2.16. The molecule has 27 heavy (non-hydrogen) atoms. The summed E-state index contributed by atoms with van der Waals surface area (Å²) < 4.78 is 16.1. The van der Waals surface area contributed by atoms with E-state index in [1.54, 1.807) is 14.2 Å². The van der Waals surface area contributed by atoms with Crippen molar-refractivity contribution >= 4 is 29.9 Å². The number of methoxy groups -OCH3 is 1. The molecule has 0 spiro atoms. The summed E-state index contributed by atoms with van der Waals surface area (Å²) in [4.78, 5) is 4.28. The van der Waals surface area contributed by atoms with Crippen molar-refractivity contribution < 1.29 is 14.2 Å². The van der Waals surface area contributed by atoms with E-state index in [1.165, 1.54) is 11.1 Å². The molecule has 1 heterocycles. The molecule has 2 N–H and O–H groups in total. The van der Waals surface area contributed by atoms with Crippen LogP contribution in [0.15, 0.2) is 41.4 Å². The number of halogens is 1. The smallest absolute Gasteiger partial charge is 0.231 e. The standard InChI is InChI=1S/C20H25N3O3.HI/c1-14-8-16(10-17(9-14)24-3)12-23-20(21-2)22-7-6-15-4-5-18-19(11-15)26-13-25-18;/h4-5,8-11H,6-7,12-13H2,1-3H3,(H2,21,22,23);1H. The number of benzene rings is 2. The van der Waals surface area contributed by atoms with Crippen LogP contribution in [0.3, 0.4) is 0 Å². The van der Waals surface area contributed by atoms with E-state index < -0.39 is 0 Å². The minimum atomic E-state index is 0. The van der Waals surface area contributed by atoms with Crippen LogP contribution in [0, 0.1) is 6.92 Å². The Morgan fingerprint density at radius 1 is 1.07 bits per heavy atom. The van der Waals surface area contributed by atoms with Gasteiger partial charge in [-0.15, -0.1) is 24.0 Å². The van der Waals surface area contributed by atoms with Crippen molar-refractivity contribution in [3.05, 3.63) is 53.1 Å². The van der Waals surface area contributed by atoms with E-state index >= 15 is 0 Å². The zero-order valence-corrected chi connectivity index (χ0v) is 18.2. The zero-order valence-electron chi connectivity index (χ0n) is 15.9. The lowest BCUT2D eigenvalue weighted by atomic mass is 10.1. The Labute approximate surface area is 177 Å². The quantitative estimate of drug-likeness (QED) is 0.375. The van der Waals surface area contributed by atoms with Gasteiger partial charge in [-0.05, 0) is 54.3 Å². The summed E-state index contributed by atoms with van der Waals surface area (Å²) in [5.74, 6) is 3.27. The highest BCUT2D eigenvalue weighted by molar-refractivity contribution is 14.0. The van der Waals surface area contributed by atoms with E-state index in [0.717, 1.165) is 41.7 Å². The molecule has 7 heteroatoms. The number of nitrogens with one attached hydrogen (secondary N) is 2. The molecule has 3 rings (SSSR count). The first-order valence-electron chi connectivity index (χ1n) is 8.65. The van der Waals surface area contributed by atoms with Crippen LogP contribution in [-0.2, 0) is 13.0 Å². The Balaban J connectivity index is 0.00000261.